The number of carbonyl (C=O) groups is 1. The molecule has 0 amide bonds. The highest BCUT2D eigenvalue weighted by molar-refractivity contribution is 5.80. The molecule has 8 heteroatoms. The molecule has 1 saturated carbocycles. The van der Waals surface area contributed by atoms with Gasteiger partial charge in [-0.05, 0) is 43.6 Å². The fourth-order valence-electron chi connectivity index (χ4n) is 4.49. The smallest absolute Gasteiger partial charge is 0.329 e. The third-order valence-electron chi connectivity index (χ3n) is 6.26. The third kappa shape index (κ3) is 5.56. The van der Waals surface area contributed by atoms with Gasteiger partial charge in [0.1, 0.15) is 6.61 Å². The van der Waals surface area contributed by atoms with Crippen molar-refractivity contribution < 1.29 is 23.4 Å². The molecule has 1 aliphatic carbocycles. The summed E-state index contributed by atoms with van der Waals surface area (Å²) in [6.45, 7) is 0.552. The Hall–Kier alpha value is -3.39. The largest absolute Gasteiger partial charge is 0.480 e. The summed E-state index contributed by atoms with van der Waals surface area (Å²) >= 11 is 0. The predicted octanol–water partition coefficient (Wildman–Crippen LogP) is 4.76. The Morgan fingerprint density at radius 3 is 2.41 bits per heavy atom. The SMILES string of the molecule is O=C(O)COC[C@H]1CC[C@@H](Cn2nc(-c3ccccc3)c(-c3cccc(F)c3F)cc2=O)CC1. The molecule has 0 atom stereocenters. The van der Waals surface area contributed by atoms with E-state index in [1.807, 2.05) is 30.3 Å². The average Bonchev–Trinajstić information content (AvgIpc) is 2.83. The van der Waals surface area contributed by atoms with E-state index in [0.29, 0.717) is 30.3 Å². The quantitative estimate of drug-likeness (QED) is 0.515. The number of halogens is 2. The number of aromatic nitrogens is 2. The summed E-state index contributed by atoms with van der Waals surface area (Å²) in [4.78, 5) is 23.5. The van der Waals surface area contributed by atoms with Gasteiger partial charge in [-0.2, -0.15) is 5.10 Å². The molecule has 178 valence electrons. The topological polar surface area (TPSA) is 81.4 Å². The van der Waals surface area contributed by atoms with E-state index in [1.54, 1.807) is 0 Å². The fraction of sp³-hybridized carbons (Fsp3) is 0.346. The second-order valence-electron chi connectivity index (χ2n) is 8.69. The Balaban J connectivity index is 1.57. The zero-order chi connectivity index (χ0) is 24.1. The van der Waals surface area contributed by atoms with Crippen LogP contribution >= 0.6 is 0 Å². The van der Waals surface area contributed by atoms with E-state index in [2.05, 4.69) is 5.10 Å². The van der Waals surface area contributed by atoms with Gasteiger partial charge < -0.3 is 9.84 Å². The van der Waals surface area contributed by atoms with Crippen LogP contribution in [0.4, 0.5) is 8.78 Å². The first-order valence-corrected chi connectivity index (χ1v) is 11.3. The maximum absolute atomic E-state index is 14.6. The highest BCUT2D eigenvalue weighted by atomic mass is 19.2. The van der Waals surface area contributed by atoms with E-state index in [-0.39, 0.29) is 29.2 Å². The van der Waals surface area contributed by atoms with Gasteiger partial charge >= 0.3 is 5.97 Å². The summed E-state index contributed by atoms with van der Waals surface area (Å²) in [7, 11) is 0. The lowest BCUT2D eigenvalue weighted by Gasteiger charge is -2.28. The lowest BCUT2D eigenvalue weighted by molar-refractivity contribution is -0.142. The van der Waals surface area contributed by atoms with Crippen molar-refractivity contribution in [2.45, 2.75) is 32.2 Å². The van der Waals surface area contributed by atoms with E-state index in [4.69, 9.17) is 9.84 Å². The maximum atomic E-state index is 14.6. The number of hydrogen-bond acceptors (Lipinski definition) is 4. The van der Waals surface area contributed by atoms with Crippen molar-refractivity contribution in [2.75, 3.05) is 13.2 Å². The summed E-state index contributed by atoms with van der Waals surface area (Å²) in [5.74, 6) is -2.43. The van der Waals surface area contributed by atoms with Gasteiger partial charge in [-0.25, -0.2) is 18.3 Å². The minimum absolute atomic E-state index is 0.00234. The van der Waals surface area contributed by atoms with Gasteiger partial charge in [0.05, 0.1) is 12.3 Å². The van der Waals surface area contributed by atoms with Crippen LogP contribution in [0.25, 0.3) is 22.4 Å². The highest BCUT2D eigenvalue weighted by Crippen LogP contribution is 2.33. The molecule has 0 saturated heterocycles. The van der Waals surface area contributed by atoms with Crippen LogP contribution in [0.2, 0.25) is 0 Å². The van der Waals surface area contributed by atoms with Gasteiger partial charge in [0.25, 0.3) is 5.56 Å². The van der Waals surface area contributed by atoms with Crippen LogP contribution in [0.15, 0.2) is 59.4 Å². The van der Waals surface area contributed by atoms with Crippen molar-refractivity contribution in [1.82, 2.24) is 9.78 Å². The standard InChI is InChI=1S/C26H26F2N2O4/c27-22-8-4-7-20(25(22)28)21-13-23(31)30(29-26(21)19-5-2-1-3-6-19)14-17-9-11-18(12-10-17)15-34-16-24(32)33/h1-8,13,17-18H,9-12,14-16H2,(H,32,33)/t17-,18+. The number of benzene rings is 2. The molecular formula is C26H26F2N2O4. The molecule has 0 aliphatic heterocycles. The number of aliphatic carboxylic acids is 1. The van der Waals surface area contributed by atoms with E-state index >= 15 is 0 Å². The Morgan fingerprint density at radius 2 is 1.71 bits per heavy atom. The first-order valence-electron chi connectivity index (χ1n) is 11.3. The molecule has 0 unspecified atom stereocenters. The summed E-state index contributed by atoms with van der Waals surface area (Å²) < 4.78 is 35.2. The van der Waals surface area contributed by atoms with E-state index in [1.165, 1.54) is 22.9 Å². The van der Waals surface area contributed by atoms with Gasteiger partial charge in [-0.1, -0.05) is 42.5 Å². The first kappa shape index (κ1) is 23.8. The lowest BCUT2D eigenvalue weighted by atomic mass is 9.82. The molecule has 2 aromatic carbocycles. The molecule has 1 N–H and O–H groups in total. The zero-order valence-corrected chi connectivity index (χ0v) is 18.6. The van der Waals surface area contributed by atoms with Crippen LogP contribution in [-0.4, -0.2) is 34.1 Å². The van der Waals surface area contributed by atoms with Crippen molar-refractivity contribution in [3.8, 4) is 22.4 Å². The van der Waals surface area contributed by atoms with Crippen LogP contribution < -0.4 is 5.56 Å². The fourth-order valence-corrected chi connectivity index (χ4v) is 4.49. The molecule has 0 spiro atoms. The van der Waals surface area contributed by atoms with Gasteiger partial charge in [0.2, 0.25) is 0 Å². The Labute approximate surface area is 195 Å². The summed E-state index contributed by atoms with van der Waals surface area (Å²) in [6.07, 6.45) is 3.51. The number of rotatable bonds is 8. The molecule has 6 nitrogen and oxygen atoms in total. The molecule has 1 heterocycles. The van der Waals surface area contributed by atoms with Crippen molar-refractivity contribution in [3.05, 3.63) is 76.6 Å². The third-order valence-corrected chi connectivity index (χ3v) is 6.26. The number of ether oxygens (including phenoxy) is 1. The van der Waals surface area contributed by atoms with Crippen LogP contribution in [0.3, 0.4) is 0 Å². The van der Waals surface area contributed by atoms with Crippen LogP contribution in [0, 0.1) is 23.5 Å². The summed E-state index contributed by atoms with van der Waals surface area (Å²) in [5, 5.41) is 13.3. The van der Waals surface area contributed by atoms with Gasteiger partial charge in [-0.3, -0.25) is 4.79 Å². The van der Waals surface area contributed by atoms with Crippen LogP contribution in [-0.2, 0) is 16.1 Å². The van der Waals surface area contributed by atoms with Crippen molar-refractivity contribution in [3.63, 3.8) is 0 Å². The minimum atomic E-state index is -1.01. The highest BCUT2D eigenvalue weighted by Gasteiger charge is 2.24. The number of hydrogen-bond donors (Lipinski definition) is 1. The molecular weight excluding hydrogens is 442 g/mol. The van der Waals surface area contributed by atoms with E-state index in [9.17, 15) is 18.4 Å². The monoisotopic (exact) mass is 468 g/mol. The Morgan fingerprint density at radius 1 is 1.00 bits per heavy atom. The normalized spacial score (nSPS) is 18.1. The Kier molecular flexibility index (Phi) is 7.47. The van der Waals surface area contributed by atoms with Crippen molar-refractivity contribution >= 4 is 5.97 Å². The number of carboxylic acids is 1. The number of carboxylic acid groups (broad SMARTS) is 1. The maximum Gasteiger partial charge on any atom is 0.329 e. The van der Waals surface area contributed by atoms with Crippen molar-refractivity contribution in [2.24, 2.45) is 11.8 Å². The number of nitrogens with zero attached hydrogens (tertiary/aromatic N) is 2. The van der Waals surface area contributed by atoms with Gasteiger partial charge in [0.15, 0.2) is 11.6 Å². The summed E-state index contributed by atoms with van der Waals surface area (Å²) in [5.41, 5.74) is 1.00. The second-order valence-corrected chi connectivity index (χ2v) is 8.69. The second kappa shape index (κ2) is 10.7. The van der Waals surface area contributed by atoms with Gasteiger partial charge in [0, 0.05) is 29.3 Å². The molecule has 3 aromatic rings. The van der Waals surface area contributed by atoms with E-state index in [0.717, 1.165) is 31.7 Å². The molecule has 34 heavy (non-hydrogen) atoms. The predicted molar refractivity (Wildman–Crippen MR) is 123 cm³/mol. The van der Waals surface area contributed by atoms with E-state index < -0.39 is 17.6 Å². The first-order chi connectivity index (χ1) is 16.4. The molecule has 1 fully saturated rings. The summed E-state index contributed by atoms with van der Waals surface area (Å²) in [6, 6.07) is 14.4. The zero-order valence-electron chi connectivity index (χ0n) is 18.6. The van der Waals surface area contributed by atoms with Crippen LogP contribution in [0.5, 0.6) is 0 Å². The Bertz CT molecular complexity index is 1210. The molecule has 4 rings (SSSR count). The van der Waals surface area contributed by atoms with Crippen molar-refractivity contribution in [1.29, 1.82) is 0 Å². The lowest BCUT2D eigenvalue weighted by Crippen LogP contribution is -2.29. The minimum Gasteiger partial charge on any atom is -0.480 e. The van der Waals surface area contributed by atoms with Gasteiger partial charge in [-0.15, -0.1) is 0 Å². The molecule has 0 bridgehead atoms. The van der Waals surface area contributed by atoms with Crippen LogP contribution in [0.1, 0.15) is 25.7 Å². The molecule has 1 aliphatic rings. The average molecular weight is 469 g/mol. The molecule has 1 aromatic heterocycles. The molecule has 0 radical (unpaired) electrons.